The van der Waals surface area contributed by atoms with Gasteiger partial charge in [-0.15, -0.1) is 0 Å². The minimum Gasteiger partial charge on any atom is -0.488 e. The Hall–Kier alpha value is -6.90. The van der Waals surface area contributed by atoms with Crippen LogP contribution in [0.5, 0.6) is 5.75 Å². The zero-order valence-corrected chi connectivity index (χ0v) is 34.2. The summed E-state index contributed by atoms with van der Waals surface area (Å²) in [6.07, 6.45) is 1.88. The fourth-order valence-electron chi connectivity index (χ4n) is 8.24. The van der Waals surface area contributed by atoms with Crippen molar-refractivity contribution < 1.29 is 33.4 Å². The molecule has 0 spiro atoms. The normalized spacial score (nSPS) is 16.6. The fourth-order valence-corrected chi connectivity index (χ4v) is 8.24. The second-order valence-electron chi connectivity index (χ2n) is 15.5. The Bertz CT molecular complexity index is 2590. The number of alkyl carbamates (subject to hydrolysis) is 2. The first kappa shape index (κ1) is 39.9. The SMILES string of the molecule is CC[C@H](C)N(Cc1ncc(-c2ccc3c(c2)COc2cc4c(ccc5[nH]c([C@@H]6C[C@H](C)CN6C(=O)[C@H](NC(=O)OC)c6ccccc6)nc54)cc2-3)[nH]1)C(=O)CNC(=O)OC. The third kappa shape index (κ3) is 7.82. The number of methoxy groups -OCH3 is 2. The third-order valence-corrected chi connectivity index (χ3v) is 11.6. The van der Waals surface area contributed by atoms with Crippen molar-refractivity contribution >= 4 is 45.8 Å². The van der Waals surface area contributed by atoms with Crippen LogP contribution in [-0.2, 0) is 32.2 Å². The number of imidazole rings is 2. The van der Waals surface area contributed by atoms with Crippen LogP contribution in [-0.4, -0.2) is 87.1 Å². The molecular formula is C45H48N8O7. The van der Waals surface area contributed by atoms with Crippen molar-refractivity contribution in [3.8, 4) is 28.1 Å². The molecule has 8 rings (SSSR count). The first-order valence-corrected chi connectivity index (χ1v) is 20.1. The van der Waals surface area contributed by atoms with Crippen LogP contribution in [0.4, 0.5) is 9.59 Å². The maximum atomic E-state index is 14.2. The molecule has 2 aliphatic rings. The van der Waals surface area contributed by atoms with Gasteiger partial charge < -0.3 is 44.6 Å². The second-order valence-corrected chi connectivity index (χ2v) is 15.5. The van der Waals surface area contributed by atoms with Crippen molar-refractivity contribution in [2.24, 2.45) is 5.92 Å². The topological polar surface area (TPSA) is 184 Å². The van der Waals surface area contributed by atoms with Gasteiger partial charge in [0.1, 0.15) is 36.6 Å². The Morgan fingerprint density at radius 2 is 1.78 bits per heavy atom. The Balaban J connectivity index is 1.04. The number of likely N-dealkylation sites (tertiary alicyclic amines) is 1. The maximum absolute atomic E-state index is 14.2. The van der Waals surface area contributed by atoms with Crippen LogP contribution in [0.15, 0.2) is 79.0 Å². The number of rotatable bonds is 11. The largest absolute Gasteiger partial charge is 0.488 e. The van der Waals surface area contributed by atoms with Gasteiger partial charge in [-0.3, -0.25) is 9.59 Å². The Labute approximate surface area is 346 Å². The summed E-state index contributed by atoms with van der Waals surface area (Å²) in [6.45, 7) is 7.06. The predicted molar refractivity (Wildman–Crippen MR) is 225 cm³/mol. The summed E-state index contributed by atoms with van der Waals surface area (Å²) in [5, 5.41) is 7.14. The van der Waals surface area contributed by atoms with Crippen LogP contribution in [0, 0.1) is 5.92 Å². The molecule has 60 heavy (non-hydrogen) atoms. The molecule has 4 aromatic carbocycles. The molecule has 0 saturated carbocycles. The highest BCUT2D eigenvalue weighted by Gasteiger charge is 2.40. The van der Waals surface area contributed by atoms with Gasteiger partial charge in [0.05, 0.1) is 49.7 Å². The Morgan fingerprint density at radius 1 is 0.983 bits per heavy atom. The summed E-state index contributed by atoms with van der Waals surface area (Å²) in [7, 11) is 2.54. The highest BCUT2D eigenvalue weighted by Crippen LogP contribution is 2.43. The molecule has 0 aliphatic carbocycles. The number of amides is 4. The number of carbonyl (C=O) groups is 4. The van der Waals surface area contributed by atoms with Crippen LogP contribution in [0.2, 0.25) is 0 Å². The van der Waals surface area contributed by atoms with Crippen LogP contribution >= 0.6 is 0 Å². The van der Waals surface area contributed by atoms with E-state index in [0.29, 0.717) is 36.8 Å². The number of carbonyl (C=O) groups excluding carboxylic acids is 4. The van der Waals surface area contributed by atoms with E-state index in [1.54, 1.807) is 11.1 Å². The average Bonchev–Trinajstić information content (AvgIpc) is 4.04. The van der Waals surface area contributed by atoms with Gasteiger partial charge in [0.15, 0.2) is 0 Å². The standard InChI is InChI=1S/C45H48N8O7/c1-6-26(3)52(39(54)21-47-44(56)58-4)23-38-46-20-35(48-38)29-12-14-31-30(17-29)24-60-37-19-32-28(18-33(31)37)13-15-34-41(32)50-42(49-34)36-16-25(2)22-53(36)43(55)40(51-45(57)59-5)27-10-8-7-9-11-27/h7-15,17-20,25-26,36,40H,6,16,21-24H2,1-5H3,(H,46,48)(H,47,56)(H,49,50)(H,51,57)/t25-,26-,36-,40+/m0/s1. The first-order valence-electron chi connectivity index (χ1n) is 20.1. The second kappa shape index (κ2) is 16.8. The lowest BCUT2D eigenvalue weighted by atomic mass is 9.92. The summed E-state index contributed by atoms with van der Waals surface area (Å²) in [6, 6.07) is 22.4. The van der Waals surface area contributed by atoms with Crippen molar-refractivity contribution in [3.05, 3.63) is 102 Å². The lowest BCUT2D eigenvalue weighted by molar-refractivity contribution is -0.135. The van der Waals surface area contributed by atoms with E-state index in [2.05, 4.69) is 67.6 Å². The van der Waals surface area contributed by atoms with Crippen LogP contribution in [0.25, 0.3) is 44.2 Å². The molecule has 0 bridgehead atoms. The number of aromatic amines is 2. The van der Waals surface area contributed by atoms with Crippen molar-refractivity contribution in [3.63, 3.8) is 0 Å². The molecular weight excluding hydrogens is 765 g/mol. The minimum absolute atomic E-state index is 0.0673. The molecule has 310 valence electrons. The first-order chi connectivity index (χ1) is 29.0. The fraction of sp³-hybridized carbons (Fsp3) is 0.333. The minimum atomic E-state index is -0.914. The molecule has 4 atom stereocenters. The number of hydrogen-bond donors (Lipinski definition) is 4. The van der Waals surface area contributed by atoms with E-state index in [4.69, 9.17) is 14.5 Å². The third-order valence-electron chi connectivity index (χ3n) is 11.6. The van der Waals surface area contributed by atoms with Gasteiger partial charge in [0.2, 0.25) is 5.91 Å². The van der Waals surface area contributed by atoms with Crippen molar-refractivity contribution in [2.45, 2.75) is 64.9 Å². The van der Waals surface area contributed by atoms with Crippen LogP contribution < -0.4 is 15.4 Å². The van der Waals surface area contributed by atoms with Gasteiger partial charge in [-0.1, -0.05) is 62.4 Å². The molecule has 4 N–H and O–H groups in total. The molecule has 2 aromatic heterocycles. The van der Waals surface area contributed by atoms with E-state index in [9.17, 15) is 19.2 Å². The number of hydrogen-bond acceptors (Lipinski definition) is 9. The highest BCUT2D eigenvalue weighted by molar-refractivity contribution is 6.07. The van der Waals surface area contributed by atoms with Crippen molar-refractivity contribution in [1.29, 1.82) is 0 Å². The van der Waals surface area contributed by atoms with Crippen molar-refractivity contribution in [2.75, 3.05) is 27.3 Å². The summed E-state index contributed by atoms with van der Waals surface area (Å²) in [4.78, 5) is 71.3. The van der Waals surface area contributed by atoms with E-state index in [0.717, 1.165) is 61.9 Å². The van der Waals surface area contributed by atoms with Crippen LogP contribution in [0.1, 0.15) is 68.5 Å². The lowest BCUT2D eigenvalue weighted by Gasteiger charge is -2.28. The summed E-state index contributed by atoms with van der Waals surface area (Å²) in [5.41, 5.74) is 7.13. The summed E-state index contributed by atoms with van der Waals surface area (Å²) in [5.74, 6) is 1.83. The molecule has 1 saturated heterocycles. The molecule has 1 fully saturated rings. The highest BCUT2D eigenvalue weighted by atomic mass is 16.5. The number of benzene rings is 4. The molecule has 0 unspecified atom stereocenters. The summed E-state index contributed by atoms with van der Waals surface area (Å²) >= 11 is 0. The number of aromatic nitrogens is 4. The zero-order chi connectivity index (χ0) is 42.1. The monoisotopic (exact) mass is 812 g/mol. The Kier molecular flexibility index (Phi) is 11.1. The number of nitrogens with one attached hydrogen (secondary N) is 4. The van der Waals surface area contributed by atoms with Gasteiger partial charge in [0, 0.05) is 23.5 Å². The summed E-state index contributed by atoms with van der Waals surface area (Å²) < 4.78 is 15.9. The maximum Gasteiger partial charge on any atom is 0.407 e. The van der Waals surface area contributed by atoms with E-state index in [-0.39, 0.29) is 42.9 Å². The Morgan fingerprint density at radius 3 is 2.55 bits per heavy atom. The van der Waals surface area contributed by atoms with E-state index >= 15 is 0 Å². The van der Waals surface area contributed by atoms with Gasteiger partial charge in [-0.2, -0.15) is 0 Å². The molecule has 2 aliphatic heterocycles. The average molecular weight is 813 g/mol. The number of H-pyrrole nitrogens is 2. The molecule has 15 nitrogen and oxygen atoms in total. The smallest absolute Gasteiger partial charge is 0.407 e. The molecule has 4 amide bonds. The van der Waals surface area contributed by atoms with Gasteiger partial charge in [0.25, 0.3) is 5.91 Å². The van der Waals surface area contributed by atoms with E-state index in [1.807, 2.05) is 61.2 Å². The van der Waals surface area contributed by atoms with Gasteiger partial charge >= 0.3 is 12.2 Å². The van der Waals surface area contributed by atoms with Gasteiger partial charge in [-0.05, 0) is 77.6 Å². The quantitative estimate of drug-likeness (QED) is 0.106. The molecule has 4 heterocycles. The molecule has 15 heteroatoms. The number of ether oxygens (including phenoxy) is 3. The number of nitrogens with zero attached hydrogens (tertiary/aromatic N) is 4. The van der Waals surface area contributed by atoms with E-state index in [1.165, 1.54) is 14.2 Å². The zero-order valence-electron chi connectivity index (χ0n) is 34.2. The van der Waals surface area contributed by atoms with Crippen LogP contribution in [0.3, 0.4) is 0 Å². The molecule has 6 aromatic rings. The lowest BCUT2D eigenvalue weighted by Crippen LogP contribution is -2.44. The van der Waals surface area contributed by atoms with E-state index < -0.39 is 18.2 Å². The predicted octanol–water partition coefficient (Wildman–Crippen LogP) is 7.16. The van der Waals surface area contributed by atoms with Crippen molar-refractivity contribution in [1.82, 2.24) is 40.4 Å². The van der Waals surface area contributed by atoms with Gasteiger partial charge in [-0.25, -0.2) is 19.6 Å². The number of fused-ring (bicyclic) bond motifs is 6. The molecule has 0 radical (unpaired) electrons.